The molecule has 0 saturated heterocycles. The lowest BCUT2D eigenvalue weighted by atomic mass is 10.2. The van der Waals surface area contributed by atoms with Crippen LogP contribution in [0.1, 0.15) is 5.56 Å². The fraction of sp³-hybridized carbons (Fsp3) is 0.0909. The number of urea groups is 1. The first kappa shape index (κ1) is 22.7. The molecule has 8 nitrogen and oxygen atoms in total. The maximum Gasteiger partial charge on any atom is 0.416 e. The highest BCUT2D eigenvalue weighted by Crippen LogP contribution is 2.31. The average Bonchev–Trinajstić information content (AvgIpc) is 3.22. The van der Waals surface area contributed by atoms with Gasteiger partial charge in [0.05, 0.1) is 17.6 Å². The van der Waals surface area contributed by atoms with Crippen molar-refractivity contribution in [1.82, 2.24) is 19.5 Å². The van der Waals surface area contributed by atoms with E-state index >= 15 is 0 Å². The SMILES string of the molecule is Cn1cnc(-c2nccc(Oc3ccc(NC(=O)Nc4cccc(C(F)(F)F)c4)c(F)c3)n2)c1. The van der Waals surface area contributed by atoms with E-state index in [1.807, 2.05) is 0 Å². The van der Waals surface area contributed by atoms with E-state index < -0.39 is 23.6 Å². The van der Waals surface area contributed by atoms with Crippen LogP contribution in [-0.4, -0.2) is 25.6 Å². The van der Waals surface area contributed by atoms with Crippen LogP contribution < -0.4 is 15.4 Å². The van der Waals surface area contributed by atoms with Crippen LogP contribution >= 0.6 is 0 Å². The number of aryl methyl sites for hydroxylation is 1. The third kappa shape index (κ3) is 5.46. The number of benzene rings is 2. The molecule has 0 spiro atoms. The first-order valence-corrected chi connectivity index (χ1v) is 9.71. The zero-order chi connectivity index (χ0) is 24.3. The molecule has 0 aliphatic heterocycles. The highest BCUT2D eigenvalue weighted by molar-refractivity contribution is 5.99. The van der Waals surface area contributed by atoms with Crippen molar-refractivity contribution in [3.8, 4) is 23.1 Å². The Morgan fingerprint density at radius 1 is 1.06 bits per heavy atom. The lowest BCUT2D eigenvalue weighted by Gasteiger charge is -2.12. The van der Waals surface area contributed by atoms with Crippen molar-refractivity contribution in [3.05, 3.63) is 78.6 Å². The normalized spacial score (nSPS) is 11.2. The van der Waals surface area contributed by atoms with Gasteiger partial charge < -0.3 is 19.9 Å². The van der Waals surface area contributed by atoms with Gasteiger partial charge in [-0.3, -0.25) is 0 Å². The molecule has 0 fully saturated rings. The monoisotopic (exact) mass is 472 g/mol. The molecule has 4 rings (SSSR count). The van der Waals surface area contributed by atoms with E-state index in [4.69, 9.17) is 4.74 Å². The molecule has 4 aromatic rings. The Morgan fingerprint density at radius 2 is 1.88 bits per heavy atom. The molecule has 2 amide bonds. The van der Waals surface area contributed by atoms with Gasteiger partial charge in [-0.1, -0.05) is 6.07 Å². The van der Waals surface area contributed by atoms with E-state index in [1.165, 1.54) is 30.5 Å². The smallest absolute Gasteiger partial charge is 0.416 e. The maximum atomic E-state index is 14.5. The molecule has 2 aromatic heterocycles. The number of amides is 2. The predicted octanol–water partition coefficient (Wildman–Crippen LogP) is 5.47. The van der Waals surface area contributed by atoms with Crippen molar-refractivity contribution >= 4 is 17.4 Å². The number of aromatic nitrogens is 4. The predicted molar refractivity (Wildman–Crippen MR) is 115 cm³/mol. The molecule has 0 saturated carbocycles. The molecule has 0 bridgehead atoms. The second-order valence-electron chi connectivity index (χ2n) is 7.04. The summed E-state index contributed by atoms with van der Waals surface area (Å²) >= 11 is 0. The van der Waals surface area contributed by atoms with E-state index in [-0.39, 0.29) is 23.0 Å². The highest BCUT2D eigenvalue weighted by Gasteiger charge is 2.30. The number of carbonyl (C=O) groups is 1. The van der Waals surface area contributed by atoms with Gasteiger partial charge in [0.1, 0.15) is 17.3 Å². The van der Waals surface area contributed by atoms with Crippen LogP contribution in [0.5, 0.6) is 11.6 Å². The zero-order valence-electron chi connectivity index (χ0n) is 17.5. The zero-order valence-corrected chi connectivity index (χ0v) is 17.5. The number of rotatable bonds is 5. The Kier molecular flexibility index (Phi) is 6.13. The van der Waals surface area contributed by atoms with E-state index in [9.17, 15) is 22.4 Å². The summed E-state index contributed by atoms with van der Waals surface area (Å²) in [5.74, 6) is -0.246. The molecule has 0 unspecified atom stereocenters. The van der Waals surface area contributed by atoms with E-state index in [1.54, 1.807) is 24.1 Å². The van der Waals surface area contributed by atoms with Crippen LogP contribution in [0.2, 0.25) is 0 Å². The number of hydrogen-bond acceptors (Lipinski definition) is 5. The van der Waals surface area contributed by atoms with E-state index in [0.717, 1.165) is 24.3 Å². The van der Waals surface area contributed by atoms with E-state index in [0.29, 0.717) is 11.5 Å². The van der Waals surface area contributed by atoms with Crippen molar-refractivity contribution in [3.63, 3.8) is 0 Å². The van der Waals surface area contributed by atoms with E-state index in [2.05, 4.69) is 25.6 Å². The standard InChI is InChI=1S/C22H16F4N6O2/c1-32-11-18(28-12-32)20-27-8-7-19(31-20)34-15-5-6-17(16(23)10-15)30-21(33)29-14-4-2-3-13(9-14)22(24,25)26/h2-12H,1H3,(H2,29,30,33). The van der Waals surface area contributed by atoms with Gasteiger partial charge in [0.15, 0.2) is 5.82 Å². The minimum atomic E-state index is -4.56. The number of halogens is 4. The summed E-state index contributed by atoms with van der Waals surface area (Å²) in [5.41, 5.74) is -0.687. The summed E-state index contributed by atoms with van der Waals surface area (Å²) in [4.78, 5) is 24.6. The average molecular weight is 472 g/mol. The van der Waals surface area contributed by atoms with Gasteiger partial charge in [-0.2, -0.15) is 18.2 Å². The lowest BCUT2D eigenvalue weighted by Crippen LogP contribution is -2.20. The van der Waals surface area contributed by atoms with Crippen LogP contribution in [0.25, 0.3) is 11.5 Å². The molecule has 0 aliphatic rings. The number of alkyl halides is 3. The van der Waals surface area contributed by atoms with Gasteiger partial charge in [0, 0.05) is 37.3 Å². The number of ether oxygens (including phenoxy) is 1. The van der Waals surface area contributed by atoms with Gasteiger partial charge in [-0.05, 0) is 30.3 Å². The first-order valence-electron chi connectivity index (χ1n) is 9.71. The Labute approximate surface area is 190 Å². The maximum absolute atomic E-state index is 14.5. The fourth-order valence-corrected chi connectivity index (χ4v) is 2.89. The molecule has 174 valence electrons. The molecule has 0 radical (unpaired) electrons. The Morgan fingerprint density at radius 3 is 2.59 bits per heavy atom. The second-order valence-corrected chi connectivity index (χ2v) is 7.04. The molecule has 34 heavy (non-hydrogen) atoms. The Bertz CT molecular complexity index is 1340. The molecule has 0 atom stereocenters. The molecule has 12 heteroatoms. The van der Waals surface area contributed by atoms with Crippen LogP contribution in [0.3, 0.4) is 0 Å². The summed E-state index contributed by atoms with van der Waals surface area (Å²) in [5, 5.41) is 4.48. The molecule has 2 heterocycles. The molecule has 2 N–H and O–H groups in total. The number of carbonyl (C=O) groups excluding carboxylic acids is 1. The van der Waals surface area contributed by atoms with Crippen molar-refractivity contribution in [2.45, 2.75) is 6.18 Å². The third-order valence-corrected chi connectivity index (χ3v) is 4.42. The Balaban J connectivity index is 1.42. The number of nitrogens with one attached hydrogen (secondary N) is 2. The summed E-state index contributed by atoms with van der Waals surface area (Å²) in [7, 11) is 1.80. The largest absolute Gasteiger partial charge is 0.439 e. The van der Waals surface area contributed by atoms with Crippen LogP contribution in [-0.2, 0) is 13.2 Å². The summed E-state index contributed by atoms with van der Waals surface area (Å²) in [6, 6.07) is 8.32. The van der Waals surface area contributed by atoms with Gasteiger partial charge in [0.25, 0.3) is 0 Å². The topological polar surface area (TPSA) is 94.0 Å². The number of imidazole rings is 1. The lowest BCUT2D eigenvalue weighted by molar-refractivity contribution is -0.137. The van der Waals surface area contributed by atoms with Crippen molar-refractivity contribution in [2.24, 2.45) is 7.05 Å². The number of hydrogen-bond donors (Lipinski definition) is 2. The highest BCUT2D eigenvalue weighted by atomic mass is 19.4. The van der Waals surface area contributed by atoms with Crippen LogP contribution in [0, 0.1) is 5.82 Å². The summed E-state index contributed by atoms with van der Waals surface area (Å²) in [6.07, 6.45) is 0.231. The Hall–Kier alpha value is -4.48. The van der Waals surface area contributed by atoms with Gasteiger partial charge in [0.2, 0.25) is 5.88 Å². The quantitative estimate of drug-likeness (QED) is 0.376. The van der Waals surface area contributed by atoms with Crippen molar-refractivity contribution in [1.29, 1.82) is 0 Å². The molecule has 2 aromatic carbocycles. The first-order chi connectivity index (χ1) is 16.2. The number of nitrogens with zero attached hydrogens (tertiary/aromatic N) is 4. The molecular formula is C22H16F4N6O2. The van der Waals surface area contributed by atoms with Crippen LogP contribution in [0.4, 0.5) is 33.7 Å². The second kappa shape index (κ2) is 9.17. The van der Waals surface area contributed by atoms with Gasteiger partial charge in [-0.25, -0.2) is 19.2 Å². The van der Waals surface area contributed by atoms with Crippen LogP contribution in [0.15, 0.2) is 67.3 Å². The summed E-state index contributed by atoms with van der Waals surface area (Å²) in [6.45, 7) is 0. The molecular weight excluding hydrogens is 456 g/mol. The minimum Gasteiger partial charge on any atom is -0.439 e. The van der Waals surface area contributed by atoms with Gasteiger partial charge >= 0.3 is 12.2 Å². The van der Waals surface area contributed by atoms with Gasteiger partial charge in [-0.15, -0.1) is 0 Å². The molecule has 0 aliphatic carbocycles. The third-order valence-electron chi connectivity index (χ3n) is 4.42. The summed E-state index contributed by atoms with van der Waals surface area (Å²) < 4.78 is 60.2. The number of anilines is 2. The minimum absolute atomic E-state index is 0.0971. The van der Waals surface area contributed by atoms with Crippen molar-refractivity contribution < 1.29 is 27.1 Å². The van der Waals surface area contributed by atoms with Crippen molar-refractivity contribution in [2.75, 3.05) is 10.6 Å². The fourth-order valence-electron chi connectivity index (χ4n) is 2.89.